The van der Waals surface area contributed by atoms with Crippen molar-refractivity contribution in [2.24, 2.45) is 23.0 Å². The number of primary amides is 1. The maximum atomic E-state index is 12.6. The van der Waals surface area contributed by atoms with Crippen LogP contribution in [0, 0.1) is 17.3 Å². The molecule has 1 aliphatic carbocycles. The largest absolute Gasteiger partial charge is 0.368 e. The van der Waals surface area contributed by atoms with Gasteiger partial charge in [0.2, 0.25) is 11.8 Å². The Morgan fingerprint density at radius 1 is 1.35 bits per heavy atom. The van der Waals surface area contributed by atoms with Crippen molar-refractivity contribution in [2.75, 3.05) is 0 Å². The normalized spacial score (nSPS) is 22.8. The topological polar surface area (TPSA) is 72.2 Å². The predicted molar refractivity (Wildman–Crippen MR) is 94.4 cm³/mol. The molecule has 2 amide bonds. The molecule has 0 saturated heterocycles. The van der Waals surface area contributed by atoms with Gasteiger partial charge >= 0.3 is 0 Å². The van der Waals surface area contributed by atoms with Crippen LogP contribution in [0.4, 0.5) is 0 Å². The van der Waals surface area contributed by atoms with E-state index < -0.39 is 11.9 Å². The monoisotopic (exact) mass is 378 g/mol. The lowest BCUT2D eigenvalue weighted by Crippen LogP contribution is -2.39. The fourth-order valence-corrected chi connectivity index (χ4v) is 3.50. The average Bonchev–Trinajstić information content (AvgIpc) is 2.95. The summed E-state index contributed by atoms with van der Waals surface area (Å²) in [5.74, 6) is -0.620. The van der Waals surface area contributed by atoms with Crippen molar-refractivity contribution >= 4 is 27.7 Å². The van der Waals surface area contributed by atoms with Crippen molar-refractivity contribution in [3.05, 3.63) is 46.0 Å². The van der Waals surface area contributed by atoms with Gasteiger partial charge in [-0.05, 0) is 42.9 Å². The Morgan fingerprint density at radius 3 is 2.52 bits per heavy atom. The molecule has 0 spiro atoms. The van der Waals surface area contributed by atoms with Gasteiger partial charge in [0.05, 0.1) is 5.92 Å². The van der Waals surface area contributed by atoms with Crippen LogP contribution in [-0.2, 0) is 9.59 Å². The highest BCUT2D eigenvalue weighted by atomic mass is 79.9. The number of rotatable bonds is 5. The van der Waals surface area contributed by atoms with Crippen LogP contribution in [-0.4, -0.2) is 11.8 Å². The summed E-state index contributed by atoms with van der Waals surface area (Å²) in [5.41, 5.74) is 7.26. The number of nitrogens with two attached hydrogens (primary N) is 1. The summed E-state index contributed by atoms with van der Waals surface area (Å²) in [6, 6.07) is 6.43. The van der Waals surface area contributed by atoms with Gasteiger partial charge in [-0.2, -0.15) is 0 Å². The maximum absolute atomic E-state index is 12.6. The number of carbonyl (C=O) groups excluding carboxylic acids is 2. The number of carbonyl (C=O) groups is 2. The molecule has 1 aromatic carbocycles. The first-order chi connectivity index (χ1) is 10.6. The SMILES string of the molecule is CC(C)=CC1C(C(=O)NC(C(N)=O)c2cccc(Br)c2)C1(C)C. The van der Waals surface area contributed by atoms with Crippen LogP contribution in [0.2, 0.25) is 0 Å². The smallest absolute Gasteiger partial charge is 0.244 e. The number of hydrogen-bond donors (Lipinski definition) is 2. The van der Waals surface area contributed by atoms with Gasteiger partial charge in [0.1, 0.15) is 6.04 Å². The number of amides is 2. The summed E-state index contributed by atoms with van der Waals surface area (Å²) in [4.78, 5) is 24.4. The first kappa shape index (κ1) is 17.7. The standard InChI is InChI=1S/C18H23BrN2O2/c1-10(2)8-13-14(18(13,3)4)17(23)21-15(16(20)22)11-6-5-7-12(19)9-11/h5-9,13-15H,1-4H3,(H2,20,22)(H,21,23). The van der Waals surface area contributed by atoms with E-state index in [-0.39, 0.29) is 23.2 Å². The van der Waals surface area contributed by atoms with E-state index in [0.29, 0.717) is 5.56 Å². The van der Waals surface area contributed by atoms with Crippen molar-refractivity contribution < 1.29 is 9.59 Å². The molecule has 1 aromatic rings. The van der Waals surface area contributed by atoms with Crippen molar-refractivity contribution in [3.63, 3.8) is 0 Å². The van der Waals surface area contributed by atoms with Crippen LogP contribution < -0.4 is 11.1 Å². The van der Waals surface area contributed by atoms with E-state index in [2.05, 4.69) is 41.2 Å². The second kappa shape index (κ2) is 6.48. The Morgan fingerprint density at radius 2 is 2.00 bits per heavy atom. The van der Waals surface area contributed by atoms with Crippen molar-refractivity contribution in [1.82, 2.24) is 5.32 Å². The van der Waals surface area contributed by atoms with Crippen LogP contribution in [0.15, 0.2) is 40.4 Å². The van der Waals surface area contributed by atoms with Crippen LogP contribution in [0.3, 0.4) is 0 Å². The summed E-state index contributed by atoms with van der Waals surface area (Å²) >= 11 is 3.37. The molecule has 1 saturated carbocycles. The fourth-order valence-electron chi connectivity index (χ4n) is 3.09. The molecule has 4 nitrogen and oxygen atoms in total. The lowest BCUT2D eigenvalue weighted by atomic mass is 10.0. The summed E-state index contributed by atoms with van der Waals surface area (Å²) in [6.07, 6.45) is 2.13. The van der Waals surface area contributed by atoms with Gasteiger partial charge in [-0.3, -0.25) is 9.59 Å². The molecule has 3 N–H and O–H groups in total. The molecule has 23 heavy (non-hydrogen) atoms. The lowest BCUT2D eigenvalue weighted by Gasteiger charge is -2.16. The van der Waals surface area contributed by atoms with Crippen molar-refractivity contribution in [3.8, 4) is 0 Å². The predicted octanol–water partition coefficient (Wildman–Crippen LogP) is 3.33. The Balaban J connectivity index is 2.17. The number of hydrogen-bond acceptors (Lipinski definition) is 2. The summed E-state index contributed by atoms with van der Waals surface area (Å²) in [6.45, 7) is 8.19. The van der Waals surface area contributed by atoms with E-state index >= 15 is 0 Å². The highest BCUT2D eigenvalue weighted by Crippen LogP contribution is 2.59. The third-order valence-corrected chi connectivity index (χ3v) is 4.95. The highest BCUT2D eigenvalue weighted by molar-refractivity contribution is 9.10. The molecule has 0 bridgehead atoms. The van der Waals surface area contributed by atoms with Gasteiger partial charge < -0.3 is 11.1 Å². The Bertz CT molecular complexity index is 663. The Labute approximate surface area is 145 Å². The third kappa shape index (κ3) is 3.83. The minimum absolute atomic E-state index is 0.0964. The zero-order valence-corrected chi connectivity index (χ0v) is 15.5. The molecular formula is C18H23BrN2O2. The maximum Gasteiger partial charge on any atom is 0.244 e. The molecule has 124 valence electrons. The molecule has 0 radical (unpaired) electrons. The van der Waals surface area contributed by atoms with Gasteiger partial charge in [0.25, 0.3) is 0 Å². The molecule has 1 fully saturated rings. The van der Waals surface area contributed by atoms with E-state index in [1.165, 1.54) is 5.57 Å². The Hall–Kier alpha value is -1.62. The molecule has 1 aliphatic rings. The van der Waals surface area contributed by atoms with Crippen LogP contribution in [0.1, 0.15) is 39.3 Å². The van der Waals surface area contributed by atoms with E-state index in [4.69, 9.17) is 5.73 Å². The number of allylic oxidation sites excluding steroid dienone is 2. The molecule has 5 heteroatoms. The number of halogens is 1. The average molecular weight is 379 g/mol. The van der Waals surface area contributed by atoms with Gasteiger partial charge in [0.15, 0.2) is 0 Å². The molecule has 0 aromatic heterocycles. The first-order valence-electron chi connectivity index (χ1n) is 7.64. The zero-order valence-electron chi connectivity index (χ0n) is 13.9. The molecule has 3 atom stereocenters. The van der Waals surface area contributed by atoms with E-state index in [0.717, 1.165) is 4.47 Å². The number of benzene rings is 1. The van der Waals surface area contributed by atoms with E-state index in [1.54, 1.807) is 12.1 Å². The second-order valence-electron chi connectivity index (χ2n) is 6.97. The van der Waals surface area contributed by atoms with Gasteiger partial charge in [0, 0.05) is 4.47 Å². The summed E-state index contributed by atoms with van der Waals surface area (Å²) in [7, 11) is 0. The minimum Gasteiger partial charge on any atom is -0.368 e. The quantitative estimate of drug-likeness (QED) is 0.771. The van der Waals surface area contributed by atoms with E-state index in [9.17, 15) is 9.59 Å². The van der Waals surface area contributed by atoms with Crippen LogP contribution in [0.25, 0.3) is 0 Å². The molecular weight excluding hydrogens is 356 g/mol. The zero-order chi connectivity index (χ0) is 17.4. The van der Waals surface area contributed by atoms with Crippen molar-refractivity contribution in [1.29, 1.82) is 0 Å². The minimum atomic E-state index is -0.816. The van der Waals surface area contributed by atoms with Crippen molar-refractivity contribution in [2.45, 2.75) is 33.7 Å². The van der Waals surface area contributed by atoms with E-state index in [1.807, 2.05) is 26.0 Å². The van der Waals surface area contributed by atoms with Crippen LogP contribution in [0.5, 0.6) is 0 Å². The first-order valence-corrected chi connectivity index (χ1v) is 8.44. The van der Waals surface area contributed by atoms with Crippen LogP contribution >= 0.6 is 15.9 Å². The Kier molecular flexibility index (Phi) is 4.99. The third-order valence-electron chi connectivity index (χ3n) is 4.46. The molecule has 0 heterocycles. The van der Waals surface area contributed by atoms with Gasteiger partial charge in [-0.1, -0.05) is 53.6 Å². The highest BCUT2D eigenvalue weighted by Gasteiger charge is 2.60. The fraction of sp³-hybridized carbons (Fsp3) is 0.444. The number of nitrogens with one attached hydrogen (secondary N) is 1. The molecule has 0 aliphatic heterocycles. The molecule has 3 unspecified atom stereocenters. The van der Waals surface area contributed by atoms with Gasteiger partial charge in [-0.15, -0.1) is 0 Å². The second-order valence-corrected chi connectivity index (χ2v) is 7.88. The summed E-state index contributed by atoms with van der Waals surface area (Å²) in [5, 5.41) is 2.82. The van der Waals surface area contributed by atoms with Gasteiger partial charge in [-0.25, -0.2) is 0 Å². The molecule has 2 rings (SSSR count). The lowest BCUT2D eigenvalue weighted by molar-refractivity contribution is -0.128. The summed E-state index contributed by atoms with van der Waals surface area (Å²) < 4.78 is 0.838.